The van der Waals surface area contributed by atoms with Gasteiger partial charge in [-0.2, -0.15) is 0 Å². The maximum atomic E-state index is 9.91. The molecule has 250 valence electrons. The Morgan fingerprint density at radius 2 is 1.53 bits per heavy atom. The normalized spacial score (nSPS) is 15.6. The van der Waals surface area contributed by atoms with E-state index in [1.807, 2.05) is 42.9 Å². The number of hydrogen-bond donors (Lipinski definition) is 5. The highest BCUT2D eigenvalue weighted by Gasteiger charge is 2.20. The van der Waals surface area contributed by atoms with E-state index in [1.165, 1.54) is 0 Å². The number of aromatic nitrogens is 5. The molecular formula is C38H41N9O2. The van der Waals surface area contributed by atoms with Crippen LogP contribution in [0.3, 0.4) is 0 Å². The van der Waals surface area contributed by atoms with Gasteiger partial charge in [0.25, 0.3) is 0 Å². The van der Waals surface area contributed by atoms with Crippen molar-refractivity contribution >= 4 is 44.9 Å². The van der Waals surface area contributed by atoms with E-state index in [1.54, 1.807) is 13.3 Å². The molecule has 1 aliphatic rings. The van der Waals surface area contributed by atoms with E-state index in [0.29, 0.717) is 36.8 Å². The Kier molecular flexibility index (Phi) is 9.41. The van der Waals surface area contributed by atoms with E-state index in [-0.39, 0.29) is 6.10 Å². The molecule has 0 radical (unpaired) electrons. The van der Waals surface area contributed by atoms with Crippen LogP contribution in [0.5, 0.6) is 0 Å². The summed E-state index contributed by atoms with van der Waals surface area (Å²) in [4.78, 5) is 25.4. The zero-order chi connectivity index (χ0) is 33.9. The van der Waals surface area contributed by atoms with Crippen LogP contribution < -0.4 is 16.0 Å². The summed E-state index contributed by atoms with van der Waals surface area (Å²) < 4.78 is 0. The Bertz CT molecular complexity index is 2120. The molecule has 7 rings (SSSR count). The molecule has 1 saturated heterocycles. The smallest absolute Gasteiger partial charge is 0.160 e. The molecule has 2 aromatic carbocycles. The molecule has 0 spiro atoms. The monoisotopic (exact) mass is 655 g/mol. The first kappa shape index (κ1) is 32.5. The van der Waals surface area contributed by atoms with Gasteiger partial charge in [0, 0.05) is 68.1 Å². The molecule has 0 bridgehead atoms. The second-order valence-electron chi connectivity index (χ2n) is 12.9. The Hall–Kier alpha value is -5.07. The summed E-state index contributed by atoms with van der Waals surface area (Å²) in [6, 6.07) is 18.6. The number of nitrogens with zero attached hydrogens (tertiary/aromatic N) is 6. The molecule has 5 heterocycles. The van der Waals surface area contributed by atoms with Gasteiger partial charge in [0.2, 0.25) is 0 Å². The van der Waals surface area contributed by atoms with Crippen LogP contribution in [0.25, 0.3) is 33.1 Å². The van der Waals surface area contributed by atoms with Gasteiger partial charge in [-0.1, -0.05) is 24.3 Å². The predicted molar refractivity (Wildman–Crippen MR) is 194 cm³/mol. The SMILES string of the molecule is Cc1c(Nc2nccc3cc(CN4CC[C@@H](O)C4)cnc23)cccc1-c1cccc(Nc2ncnc3cc(CNCC(C)O)cnc23)c1C. The van der Waals surface area contributed by atoms with Crippen molar-refractivity contribution in [2.75, 3.05) is 30.3 Å². The maximum Gasteiger partial charge on any atom is 0.160 e. The summed E-state index contributed by atoms with van der Waals surface area (Å²) in [7, 11) is 0. The molecule has 1 unspecified atom stereocenters. The lowest BCUT2D eigenvalue weighted by atomic mass is 9.94. The fourth-order valence-electron chi connectivity index (χ4n) is 6.48. The minimum absolute atomic E-state index is 0.240. The molecular weight excluding hydrogens is 614 g/mol. The number of pyridine rings is 3. The Morgan fingerprint density at radius 1 is 0.837 bits per heavy atom. The van der Waals surface area contributed by atoms with Crippen molar-refractivity contribution in [1.82, 2.24) is 35.1 Å². The summed E-state index contributed by atoms with van der Waals surface area (Å²) in [6.45, 7) is 9.45. The molecule has 6 aromatic rings. The minimum Gasteiger partial charge on any atom is -0.392 e. The van der Waals surface area contributed by atoms with Crippen molar-refractivity contribution in [3.63, 3.8) is 0 Å². The lowest BCUT2D eigenvalue weighted by Crippen LogP contribution is -2.23. The van der Waals surface area contributed by atoms with Gasteiger partial charge in [-0.25, -0.2) is 15.0 Å². The second-order valence-corrected chi connectivity index (χ2v) is 12.9. The van der Waals surface area contributed by atoms with Crippen LogP contribution in [0.15, 0.2) is 79.5 Å². The van der Waals surface area contributed by atoms with Crippen molar-refractivity contribution in [2.45, 2.75) is 52.5 Å². The van der Waals surface area contributed by atoms with Crippen molar-refractivity contribution in [3.8, 4) is 11.1 Å². The Labute approximate surface area is 285 Å². The first-order chi connectivity index (χ1) is 23.8. The van der Waals surface area contributed by atoms with Gasteiger partial charge in [0.05, 0.1) is 17.7 Å². The minimum atomic E-state index is -0.414. The molecule has 0 amide bonds. The fourth-order valence-corrected chi connectivity index (χ4v) is 6.48. The first-order valence-electron chi connectivity index (χ1n) is 16.7. The van der Waals surface area contributed by atoms with Gasteiger partial charge in [0.1, 0.15) is 17.4 Å². The van der Waals surface area contributed by atoms with Crippen LogP contribution in [0.2, 0.25) is 0 Å². The number of β-amino-alcohol motifs (C(OH)–C–C–N with tert-alkyl or cyclic N) is 1. The van der Waals surface area contributed by atoms with Crippen molar-refractivity contribution in [3.05, 3.63) is 102 Å². The molecule has 0 saturated carbocycles. The van der Waals surface area contributed by atoms with E-state index in [4.69, 9.17) is 4.98 Å². The van der Waals surface area contributed by atoms with Crippen LogP contribution in [-0.4, -0.2) is 71.9 Å². The van der Waals surface area contributed by atoms with Gasteiger partial charge in [-0.15, -0.1) is 0 Å². The number of fused-ring (bicyclic) bond motifs is 2. The predicted octanol–water partition coefficient (Wildman–Crippen LogP) is 5.78. The topological polar surface area (TPSA) is 144 Å². The Morgan fingerprint density at radius 3 is 2.22 bits per heavy atom. The standard InChI is InChI=1S/C38H41N9O2/c1-23(48)16-39-17-26-15-34-36(42-18-26)38(44-22-43-34)46-33-9-5-7-31(25(33)3)30-6-4-8-32(24(30)2)45-37-35-28(10-12-40-37)14-27(19-41-35)20-47-13-11-29(49)21-47/h4-10,12,14-15,18-19,22-23,29,39,48-49H,11,13,16-17,20-21H2,1-3H3,(H,40,45)(H,43,44,46)/t23?,29-/m1/s1. The van der Waals surface area contributed by atoms with Gasteiger partial charge in [-0.3, -0.25) is 14.9 Å². The van der Waals surface area contributed by atoms with Crippen molar-refractivity contribution < 1.29 is 10.2 Å². The third-order valence-corrected chi connectivity index (χ3v) is 9.07. The van der Waals surface area contributed by atoms with Crippen molar-refractivity contribution in [2.24, 2.45) is 0 Å². The number of anilines is 4. The zero-order valence-electron chi connectivity index (χ0n) is 28.0. The molecule has 1 aliphatic heterocycles. The number of benzene rings is 2. The largest absolute Gasteiger partial charge is 0.392 e. The molecule has 5 N–H and O–H groups in total. The van der Waals surface area contributed by atoms with Crippen LogP contribution >= 0.6 is 0 Å². The molecule has 11 nitrogen and oxygen atoms in total. The molecule has 2 atom stereocenters. The van der Waals surface area contributed by atoms with E-state index in [0.717, 1.165) is 80.7 Å². The van der Waals surface area contributed by atoms with Crippen LogP contribution in [-0.2, 0) is 13.1 Å². The quantitative estimate of drug-likeness (QED) is 0.116. The number of likely N-dealkylation sites (tertiary alicyclic amines) is 1. The third-order valence-electron chi connectivity index (χ3n) is 9.07. The van der Waals surface area contributed by atoms with E-state index < -0.39 is 6.10 Å². The van der Waals surface area contributed by atoms with Crippen LogP contribution in [0.1, 0.15) is 35.6 Å². The number of aliphatic hydroxyl groups excluding tert-OH is 2. The molecule has 0 aliphatic carbocycles. The Balaban J connectivity index is 1.12. The molecule has 11 heteroatoms. The maximum absolute atomic E-state index is 9.91. The zero-order valence-corrected chi connectivity index (χ0v) is 28.0. The van der Waals surface area contributed by atoms with Crippen molar-refractivity contribution in [1.29, 1.82) is 0 Å². The summed E-state index contributed by atoms with van der Waals surface area (Å²) in [5, 5.41) is 30.8. The summed E-state index contributed by atoms with van der Waals surface area (Å²) in [5.41, 5.74) is 10.6. The number of hydrogen-bond acceptors (Lipinski definition) is 11. The number of nitrogens with one attached hydrogen (secondary N) is 3. The van der Waals surface area contributed by atoms with Gasteiger partial charge in [-0.05, 0) is 90.9 Å². The summed E-state index contributed by atoms with van der Waals surface area (Å²) in [5.74, 6) is 1.34. The van der Waals surface area contributed by atoms with Gasteiger partial charge >= 0.3 is 0 Å². The molecule has 4 aromatic heterocycles. The molecule has 49 heavy (non-hydrogen) atoms. The average molecular weight is 656 g/mol. The number of rotatable bonds is 11. The first-order valence-corrected chi connectivity index (χ1v) is 16.7. The summed E-state index contributed by atoms with van der Waals surface area (Å²) >= 11 is 0. The highest BCUT2D eigenvalue weighted by atomic mass is 16.3. The lowest BCUT2D eigenvalue weighted by Gasteiger charge is -2.18. The average Bonchev–Trinajstić information content (AvgIpc) is 3.50. The van der Waals surface area contributed by atoms with E-state index in [9.17, 15) is 10.2 Å². The lowest BCUT2D eigenvalue weighted by molar-refractivity contribution is 0.175. The molecule has 1 fully saturated rings. The number of aliphatic hydroxyl groups is 2. The highest BCUT2D eigenvalue weighted by molar-refractivity contribution is 5.92. The summed E-state index contributed by atoms with van der Waals surface area (Å²) in [6.07, 6.45) is 7.26. The fraction of sp³-hybridized carbons (Fsp3) is 0.289. The van der Waals surface area contributed by atoms with Gasteiger partial charge in [0.15, 0.2) is 11.6 Å². The van der Waals surface area contributed by atoms with E-state index >= 15 is 0 Å². The van der Waals surface area contributed by atoms with Crippen LogP contribution in [0.4, 0.5) is 23.0 Å². The highest BCUT2D eigenvalue weighted by Crippen LogP contribution is 2.36. The second kappa shape index (κ2) is 14.2. The third kappa shape index (κ3) is 7.20. The van der Waals surface area contributed by atoms with Crippen LogP contribution in [0, 0.1) is 13.8 Å². The van der Waals surface area contributed by atoms with E-state index in [2.05, 4.69) is 85.0 Å². The van der Waals surface area contributed by atoms with Gasteiger partial charge < -0.3 is 26.2 Å².